The summed E-state index contributed by atoms with van der Waals surface area (Å²) in [6.45, 7) is 6.26. The van der Waals surface area contributed by atoms with E-state index >= 15 is 0 Å². The highest BCUT2D eigenvalue weighted by molar-refractivity contribution is 5.71. The first-order valence-electron chi connectivity index (χ1n) is 26.3. The summed E-state index contributed by atoms with van der Waals surface area (Å²) in [6, 6.07) is 0. The Hall–Kier alpha value is -4.45. The number of allylic oxidation sites excluding steroid dienone is 22. The monoisotopic (exact) mass is 911 g/mol. The summed E-state index contributed by atoms with van der Waals surface area (Å²) in [5, 5.41) is 0. The van der Waals surface area contributed by atoms with Crippen LogP contribution < -0.4 is 0 Å². The topological polar surface area (TPSA) is 78.9 Å². The lowest BCUT2D eigenvalue weighted by Gasteiger charge is -2.18. The maximum atomic E-state index is 12.8. The first kappa shape index (κ1) is 61.5. The average molecular weight is 911 g/mol. The molecule has 0 aromatic rings. The minimum Gasteiger partial charge on any atom is -0.462 e. The number of hydrogen-bond acceptors (Lipinski definition) is 6. The van der Waals surface area contributed by atoms with Crippen LogP contribution in [0.2, 0.25) is 0 Å². The van der Waals surface area contributed by atoms with Crippen molar-refractivity contribution < 1.29 is 28.6 Å². The van der Waals surface area contributed by atoms with Crippen molar-refractivity contribution in [1.82, 2.24) is 0 Å². The fraction of sp³-hybridized carbons (Fsp3) is 0.583. The van der Waals surface area contributed by atoms with Gasteiger partial charge in [-0.2, -0.15) is 0 Å². The third-order valence-electron chi connectivity index (χ3n) is 10.7. The number of hydrogen-bond donors (Lipinski definition) is 0. The summed E-state index contributed by atoms with van der Waals surface area (Å²) in [5.74, 6) is -1.00. The average Bonchev–Trinajstić information content (AvgIpc) is 3.31. The largest absolute Gasteiger partial charge is 0.462 e. The van der Waals surface area contributed by atoms with Gasteiger partial charge in [-0.3, -0.25) is 14.4 Å². The molecule has 0 heterocycles. The Morgan fingerprint density at radius 3 is 0.924 bits per heavy atom. The second-order valence-corrected chi connectivity index (χ2v) is 17.0. The summed E-state index contributed by atoms with van der Waals surface area (Å²) < 4.78 is 16.7. The third kappa shape index (κ3) is 50.5. The summed E-state index contributed by atoms with van der Waals surface area (Å²) in [5.41, 5.74) is 0. The summed E-state index contributed by atoms with van der Waals surface area (Å²) >= 11 is 0. The molecular formula is C60H94O6. The van der Waals surface area contributed by atoms with Crippen molar-refractivity contribution in [1.29, 1.82) is 0 Å². The molecule has 6 nitrogen and oxygen atoms in total. The van der Waals surface area contributed by atoms with E-state index in [-0.39, 0.29) is 31.1 Å². The molecule has 0 aliphatic rings. The molecule has 66 heavy (non-hydrogen) atoms. The highest BCUT2D eigenvalue weighted by Gasteiger charge is 2.19. The van der Waals surface area contributed by atoms with Gasteiger partial charge >= 0.3 is 17.9 Å². The van der Waals surface area contributed by atoms with Crippen LogP contribution in [0, 0.1) is 0 Å². The molecule has 370 valence electrons. The van der Waals surface area contributed by atoms with E-state index in [1.807, 2.05) is 109 Å². The fourth-order valence-corrected chi connectivity index (χ4v) is 6.79. The van der Waals surface area contributed by atoms with Gasteiger partial charge in [0.1, 0.15) is 13.2 Å². The van der Waals surface area contributed by atoms with Crippen molar-refractivity contribution >= 4 is 17.9 Å². The Bertz CT molecular complexity index is 1460. The second kappa shape index (κ2) is 53.2. The molecule has 6 heteroatoms. The van der Waals surface area contributed by atoms with Crippen molar-refractivity contribution in [3.8, 4) is 0 Å². The SMILES string of the molecule is CC\C=C/C=C\C=C/C=C\C=C/CCCCCC(=O)OCC(COC(=O)CCCCC\C=C/C=C/C=C\C=C/C=C\C=C/CC)OC(=O)CCCCCCCCCCCCCCCCCC. The van der Waals surface area contributed by atoms with Crippen LogP contribution in [0.1, 0.15) is 207 Å². The number of carbonyl (C=O) groups excluding carboxylic acids is 3. The maximum absolute atomic E-state index is 12.8. The van der Waals surface area contributed by atoms with E-state index in [0.717, 1.165) is 83.5 Å². The van der Waals surface area contributed by atoms with E-state index in [4.69, 9.17) is 14.2 Å². The second-order valence-electron chi connectivity index (χ2n) is 17.0. The van der Waals surface area contributed by atoms with Crippen molar-refractivity contribution in [3.63, 3.8) is 0 Å². The molecule has 1 atom stereocenters. The minimum atomic E-state index is -0.817. The molecule has 0 bridgehead atoms. The Balaban J connectivity index is 4.57. The molecule has 0 saturated carbocycles. The van der Waals surface area contributed by atoms with Gasteiger partial charge in [-0.1, -0.05) is 264 Å². The number of esters is 3. The number of ether oxygens (including phenoxy) is 3. The molecule has 0 N–H and O–H groups in total. The molecule has 0 radical (unpaired) electrons. The highest BCUT2D eigenvalue weighted by atomic mass is 16.6. The predicted molar refractivity (Wildman–Crippen MR) is 283 cm³/mol. The van der Waals surface area contributed by atoms with Crippen LogP contribution in [0.25, 0.3) is 0 Å². The van der Waals surface area contributed by atoms with Crippen molar-refractivity contribution in [2.75, 3.05) is 13.2 Å². The molecule has 0 fully saturated rings. The lowest BCUT2D eigenvalue weighted by molar-refractivity contribution is -0.167. The van der Waals surface area contributed by atoms with E-state index in [1.165, 1.54) is 83.5 Å². The molecule has 0 aliphatic carbocycles. The van der Waals surface area contributed by atoms with Crippen molar-refractivity contribution in [2.45, 2.75) is 213 Å². The van der Waals surface area contributed by atoms with E-state index in [2.05, 4.69) is 45.1 Å². The highest BCUT2D eigenvalue weighted by Crippen LogP contribution is 2.15. The smallest absolute Gasteiger partial charge is 0.306 e. The van der Waals surface area contributed by atoms with Crippen LogP contribution in [-0.2, 0) is 28.6 Å². The molecule has 0 aromatic carbocycles. The normalized spacial score (nSPS) is 13.2. The fourth-order valence-electron chi connectivity index (χ4n) is 6.79. The van der Waals surface area contributed by atoms with Gasteiger partial charge in [0, 0.05) is 19.3 Å². The lowest BCUT2D eigenvalue weighted by Crippen LogP contribution is -2.30. The molecule has 0 aromatic heterocycles. The molecule has 0 spiro atoms. The van der Waals surface area contributed by atoms with Gasteiger partial charge < -0.3 is 14.2 Å². The van der Waals surface area contributed by atoms with Crippen LogP contribution in [0.15, 0.2) is 134 Å². The van der Waals surface area contributed by atoms with Crippen LogP contribution >= 0.6 is 0 Å². The van der Waals surface area contributed by atoms with Gasteiger partial charge in [0.15, 0.2) is 6.10 Å². The number of unbranched alkanes of at least 4 members (excludes halogenated alkanes) is 21. The standard InChI is InChI=1S/C60H94O6/c1-4-7-10-13-16-19-22-25-28-30-33-35-38-41-44-47-50-53-59(62)65-56-57(55-64-58(61)52-49-46-43-40-37-34-31-27-24-21-18-15-12-9-6-3)66-60(63)54-51-48-45-42-39-36-32-29-26-23-20-17-14-11-8-5-2/h7,9-10,12-13,15-16,18-19,21-22,24-25,27-28,30-31,33-35,37-38,57H,4-6,8,11,14,17,20,23,26,29,32,36,39-56H2,1-3H3/b10-7-,12-9-,16-13-,18-15-,22-19-,24-21-,28-25-,31-27-,33-30+,37-34-,38-35-. The summed E-state index contributed by atoms with van der Waals surface area (Å²) in [7, 11) is 0. The Labute approximate surface area is 405 Å². The van der Waals surface area contributed by atoms with Gasteiger partial charge in [0.25, 0.3) is 0 Å². The van der Waals surface area contributed by atoms with Gasteiger partial charge in [-0.25, -0.2) is 0 Å². The van der Waals surface area contributed by atoms with E-state index < -0.39 is 6.10 Å². The molecule has 0 rings (SSSR count). The van der Waals surface area contributed by atoms with Crippen LogP contribution in [0.5, 0.6) is 0 Å². The predicted octanol–water partition coefficient (Wildman–Crippen LogP) is 17.5. The Morgan fingerprint density at radius 1 is 0.318 bits per heavy atom. The van der Waals surface area contributed by atoms with Crippen molar-refractivity contribution in [2.24, 2.45) is 0 Å². The zero-order valence-electron chi connectivity index (χ0n) is 42.1. The first-order valence-corrected chi connectivity index (χ1v) is 26.3. The Kier molecular flexibility index (Phi) is 49.6. The van der Waals surface area contributed by atoms with E-state index in [0.29, 0.717) is 19.3 Å². The van der Waals surface area contributed by atoms with Crippen LogP contribution in [-0.4, -0.2) is 37.2 Å². The summed E-state index contributed by atoms with van der Waals surface area (Å²) in [6.07, 6.45) is 74.3. The molecular weight excluding hydrogens is 817 g/mol. The lowest BCUT2D eigenvalue weighted by atomic mass is 10.0. The quantitative estimate of drug-likeness (QED) is 0.0262. The minimum absolute atomic E-state index is 0.118. The van der Waals surface area contributed by atoms with Crippen molar-refractivity contribution in [3.05, 3.63) is 134 Å². The van der Waals surface area contributed by atoms with E-state index in [9.17, 15) is 14.4 Å². The maximum Gasteiger partial charge on any atom is 0.306 e. The molecule has 0 amide bonds. The van der Waals surface area contributed by atoms with Gasteiger partial charge in [0.05, 0.1) is 0 Å². The van der Waals surface area contributed by atoms with Crippen LogP contribution in [0.3, 0.4) is 0 Å². The molecule has 0 aliphatic heterocycles. The molecule has 0 saturated heterocycles. The zero-order valence-corrected chi connectivity index (χ0v) is 42.1. The van der Waals surface area contributed by atoms with Crippen LogP contribution in [0.4, 0.5) is 0 Å². The Morgan fingerprint density at radius 2 is 0.591 bits per heavy atom. The first-order chi connectivity index (χ1) is 32.5. The van der Waals surface area contributed by atoms with E-state index in [1.54, 1.807) is 0 Å². The number of carbonyl (C=O) groups is 3. The third-order valence-corrected chi connectivity index (χ3v) is 10.7. The van der Waals surface area contributed by atoms with Gasteiger partial charge in [-0.15, -0.1) is 0 Å². The number of rotatable bonds is 45. The van der Waals surface area contributed by atoms with Gasteiger partial charge in [0.2, 0.25) is 0 Å². The summed E-state index contributed by atoms with van der Waals surface area (Å²) in [4.78, 5) is 38.0. The zero-order chi connectivity index (χ0) is 47.9. The molecule has 1 unspecified atom stereocenters. The van der Waals surface area contributed by atoms with Gasteiger partial charge in [-0.05, 0) is 57.8 Å².